The summed E-state index contributed by atoms with van der Waals surface area (Å²) in [5.74, 6) is -3.18. The second-order valence-corrected chi connectivity index (χ2v) is 20.6. The van der Waals surface area contributed by atoms with Gasteiger partial charge >= 0.3 is 23.9 Å². The van der Waals surface area contributed by atoms with E-state index < -0.39 is 67.3 Å². The standard InChI is InChI=1S/C65H108O12/c1-4-7-10-13-16-19-22-24-26-28-29-31-33-35-38-41-44-47-50-53-59(68)76-63-61(70)60(69)62(64(71)72)77-65(63)74-55-56(75-58(67)52-49-46-43-40-36-21-18-15-12-9-6-3)54-73-57(66)51-48-45-42-39-37-34-32-30-27-25-23-20-17-14-11-8-5-2/h7,10,15-16,18-19,24-27,29,31,35,38,56,60-63,65,69-70H,4-6,8-9,11-14,17,20-23,28,30,32-34,36-37,39-55H2,1-3H3,(H,71,72)/b10-7-,18-15-,19-16-,26-24-,27-25-,31-29-,38-35-. The minimum absolute atomic E-state index is 0.0175. The average molecular weight is 1080 g/mol. The number of aliphatic carboxylic acids is 1. The molecule has 0 aromatic carbocycles. The Kier molecular flexibility index (Phi) is 48.4. The van der Waals surface area contributed by atoms with Crippen LogP contribution in [0.2, 0.25) is 0 Å². The van der Waals surface area contributed by atoms with Crippen LogP contribution in [0.1, 0.15) is 252 Å². The van der Waals surface area contributed by atoms with Gasteiger partial charge in [0.25, 0.3) is 0 Å². The number of unbranched alkanes of at least 4 members (excludes halogenated alkanes) is 23. The molecule has 0 saturated carbocycles. The van der Waals surface area contributed by atoms with Crippen molar-refractivity contribution in [1.82, 2.24) is 0 Å². The van der Waals surface area contributed by atoms with Crippen LogP contribution in [-0.2, 0) is 42.9 Å². The first kappa shape index (κ1) is 70.9. The molecule has 12 heteroatoms. The molecule has 12 nitrogen and oxygen atoms in total. The van der Waals surface area contributed by atoms with E-state index >= 15 is 0 Å². The topological polar surface area (TPSA) is 175 Å². The maximum atomic E-state index is 13.1. The van der Waals surface area contributed by atoms with E-state index in [0.29, 0.717) is 19.3 Å². The highest BCUT2D eigenvalue weighted by Gasteiger charge is 2.50. The molecule has 0 aromatic heterocycles. The minimum atomic E-state index is -1.92. The third-order valence-electron chi connectivity index (χ3n) is 13.4. The molecule has 0 amide bonds. The summed E-state index contributed by atoms with van der Waals surface area (Å²) in [4.78, 5) is 51.1. The van der Waals surface area contributed by atoms with Crippen molar-refractivity contribution in [1.29, 1.82) is 0 Å². The predicted octanol–water partition coefficient (Wildman–Crippen LogP) is 15.9. The van der Waals surface area contributed by atoms with E-state index in [1.165, 1.54) is 77.0 Å². The molecule has 1 aliphatic heterocycles. The number of rotatable bonds is 51. The minimum Gasteiger partial charge on any atom is -0.479 e. The van der Waals surface area contributed by atoms with Crippen LogP contribution < -0.4 is 0 Å². The summed E-state index contributed by atoms with van der Waals surface area (Å²) in [5, 5.41) is 31.5. The van der Waals surface area contributed by atoms with Crippen LogP contribution >= 0.6 is 0 Å². The molecular formula is C65H108O12. The molecule has 0 spiro atoms. The third kappa shape index (κ3) is 42.5. The summed E-state index contributed by atoms with van der Waals surface area (Å²) < 4.78 is 28.4. The Labute approximate surface area is 467 Å². The number of hydrogen-bond acceptors (Lipinski definition) is 11. The van der Waals surface area contributed by atoms with Gasteiger partial charge in [0, 0.05) is 19.3 Å². The fourth-order valence-electron chi connectivity index (χ4n) is 8.72. The Morgan fingerprint density at radius 2 is 0.831 bits per heavy atom. The lowest BCUT2D eigenvalue weighted by molar-refractivity contribution is -0.301. The quantitative estimate of drug-likeness (QED) is 0.0228. The lowest BCUT2D eigenvalue weighted by Gasteiger charge is -2.40. The van der Waals surface area contributed by atoms with Gasteiger partial charge in [-0.25, -0.2) is 4.79 Å². The largest absolute Gasteiger partial charge is 0.479 e. The van der Waals surface area contributed by atoms with Crippen molar-refractivity contribution < 1.29 is 58.2 Å². The van der Waals surface area contributed by atoms with Gasteiger partial charge in [-0.05, 0) is 109 Å². The van der Waals surface area contributed by atoms with Gasteiger partial charge < -0.3 is 39.0 Å². The van der Waals surface area contributed by atoms with Crippen LogP contribution in [0.5, 0.6) is 0 Å². The first-order chi connectivity index (χ1) is 37.6. The number of carboxylic acids is 1. The van der Waals surface area contributed by atoms with Gasteiger partial charge in [-0.1, -0.05) is 209 Å². The lowest BCUT2D eigenvalue weighted by atomic mass is 9.98. The number of carbonyl (C=O) groups excluding carboxylic acids is 3. The molecule has 0 radical (unpaired) electrons. The van der Waals surface area contributed by atoms with Gasteiger partial charge in [0.05, 0.1) is 6.61 Å². The molecule has 0 aliphatic carbocycles. The molecule has 1 fully saturated rings. The molecule has 6 atom stereocenters. The van der Waals surface area contributed by atoms with Crippen molar-refractivity contribution in [2.45, 2.75) is 289 Å². The SMILES string of the molecule is CC/C=C\C/C=C\C/C=C\C/C=C\C/C=C\CCCCCC(=O)OC1C(OCC(COC(=O)CCCCCCCCC/C=C\CCCCCCCC)OC(=O)CCCCCCC/C=C\CCCC)OC(C(=O)O)C(O)C1O. The van der Waals surface area contributed by atoms with Crippen LogP contribution in [-0.4, -0.2) is 89.2 Å². The highest BCUT2D eigenvalue weighted by Crippen LogP contribution is 2.26. The molecule has 1 heterocycles. The van der Waals surface area contributed by atoms with Gasteiger partial charge in [0.2, 0.25) is 0 Å². The molecular weight excluding hydrogens is 973 g/mol. The zero-order valence-electron chi connectivity index (χ0n) is 48.4. The van der Waals surface area contributed by atoms with Crippen LogP contribution in [0.3, 0.4) is 0 Å². The summed E-state index contributed by atoms with van der Waals surface area (Å²) >= 11 is 0. The maximum Gasteiger partial charge on any atom is 0.335 e. The van der Waals surface area contributed by atoms with E-state index in [4.69, 9.17) is 23.7 Å². The van der Waals surface area contributed by atoms with E-state index in [1.807, 2.05) is 0 Å². The first-order valence-corrected chi connectivity index (χ1v) is 30.6. The Hall–Kier alpha value is -4.10. The number of ether oxygens (including phenoxy) is 5. The van der Waals surface area contributed by atoms with E-state index in [2.05, 4.69) is 106 Å². The second-order valence-electron chi connectivity index (χ2n) is 20.6. The van der Waals surface area contributed by atoms with Crippen LogP contribution in [0.25, 0.3) is 0 Å². The summed E-state index contributed by atoms with van der Waals surface area (Å²) in [6.45, 7) is 5.82. The smallest absolute Gasteiger partial charge is 0.335 e. The van der Waals surface area contributed by atoms with Crippen LogP contribution in [0.4, 0.5) is 0 Å². The number of carboxylic acid groups (broad SMARTS) is 1. The fourth-order valence-corrected chi connectivity index (χ4v) is 8.72. The van der Waals surface area contributed by atoms with Crippen LogP contribution in [0, 0.1) is 0 Å². The normalized spacial score (nSPS) is 18.6. The molecule has 77 heavy (non-hydrogen) atoms. The number of esters is 3. The molecule has 1 saturated heterocycles. The Morgan fingerprint density at radius 1 is 0.442 bits per heavy atom. The van der Waals surface area contributed by atoms with Gasteiger partial charge in [-0.2, -0.15) is 0 Å². The number of aliphatic hydroxyl groups is 2. The number of allylic oxidation sites excluding steroid dienone is 14. The van der Waals surface area contributed by atoms with Gasteiger partial charge in [0.15, 0.2) is 24.6 Å². The lowest BCUT2D eigenvalue weighted by Crippen LogP contribution is -2.61. The van der Waals surface area contributed by atoms with E-state index in [1.54, 1.807) is 0 Å². The fraction of sp³-hybridized carbons (Fsp3) is 0.723. The monoisotopic (exact) mass is 1080 g/mol. The third-order valence-corrected chi connectivity index (χ3v) is 13.4. The molecule has 6 unspecified atom stereocenters. The highest BCUT2D eigenvalue weighted by molar-refractivity contribution is 5.74. The predicted molar refractivity (Wildman–Crippen MR) is 312 cm³/mol. The van der Waals surface area contributed by atoms with Crippen molar-refractivity contribution in [3.8, 4) is 0 Å². The molecule has 1 aliphatic rings. The summed E-state index contributed by atoms with van der Waals surface area (Å²) in [6.07, 6.45) is 55.5. The molecule has 0 bridgehead atoms. The number of hydrogen-bond donors (Lipinski definition) is 3. The number of carbonyl (C=O) groups is 4. The van der Waals surface area contributed by atoms with E-state index in [9.17, 15) is 34.5 Å². The van der Waals surface area contributed by atoms with Gasteiger partial charge in [0.1, 0.15) is 18.8 Å². The highest BCUT2D eigenvalue weighted by atomic mass is 16.7. The van der Waals surface area contributed by atoms with Crippen molar-refractivity contribution in [2.75, 3.05) is 13.2 Å². The summed E-state index contributed by atoms with van der Waals surface area (Å²) in [7, 11) is 0. The number of aliphatic hydroxyl groups excluding tert-OH is 2. The van der Waals surface area contributed by atoms with Gasteiger partial charge in [-0.15, -0.1) is 0 Å². The average Bonchev–Trinajstić information content (AvgIpc) is 3.42. The maximum absolute atomic E-state index is 13.1. The first-order valence-electron chi connectivity index (χ1n) is 30.6. The Bertz CT molecular complexity index is 1660. The Morgan fingerprint density at radius 3 is 1.31 bits per heavy atom. The van der Waals surface area contributed by atoms with Crippen molar-refractivity contribution >= 4 is 23.9 Å². The summed E-state index contributed by atoms with van der Waals surface area (Å²) in [6, 6.07) is 0. The van der Waals surface area contributed by atoms with Gasteiger partial charge in [-0.3, -0.25) is 14.4 Å². The molecule has 440 valence electrons. The van der Waals surface area contributed by atoms with E-state index in [0.717, 1.165) is 116 Å². The zero-order valence-corrected chi connectivity index (χ0v) is 48.4. The molecule has 0 aromatic rings. The van der Waals surface area contributed by atoms with Crippen molar-refractivity contribution in [3.05, 3.63) is 85.1 Å². The molecule has 3 N–H and O–H groups in total. The molecule has 1 rings (SSSR count). The Balaban J connectivity index is 2.68. The van der Waals surface area contributed by atoms with Crippen LogP contribution in [0.15, 0.2) is 85.1 Å². The van der Waals surface area contributed by atoms with Crippen molar-refractivity contribution in [3.63, 3.8) is 0 Å². The summed E-state index contributed by atoms with van der Waals surface area (Å²) in [5.41, 5.74) is 0. The second kappa shape index (κ2) is 52.6. The zero-order chi connectivity index (χ0) is 56.1. The van der Waals surface area contributed by atoms with Crippen molar-refractivity contribution in [2.24, 2.45) is 0 Å². The van der Waals surface area contributed by atoms with E-state index in [-0.39, 0.29) is 25.9 Å².